The molecule has 2 aromatic heterocycles. The van der Waals surface area contributed by atoms with Crippen LogP contribution in [0, 0.1) is 0 Å². The molecule has 15 heavy (non-hydrogen) atoms. The summed E-state index contributed by atoms with van der Waals surface area (Å²) in [6.45, 7) is 3.74. The van der Waals surface area contributed by atoms with E-state index >= 15 is 0 Å². The second-order valence-corrected chi connectivity index (χ2v) is 4.39. The molecule has 0 N–H and O–H groups in total. The van der Waals surface area contributed by atoms with Gasteiger partial charge in [0.2, 0.25) is 5.82 Å². The minimum Gasteiger partial charge on any atom is -0.369 e. The first kappa shape index (κ1) is 10.3. The normalized spacial score (nSPS) is 11.9. The van der Waals surface area contributed by atoms with Crippen molar-refractivity contribution in [3.8, 4) is 10.7 Å². The third-order valence-corrected chi connectivity index (χ3v) is 2.87. The molecule has 0 atom stereocenters. The maximum atomic E-state index is 5.25. The maximum absolute atomic E-state index is 5.25. The molecule has 80 valence electrons. The van der Waals surface area contributed by atoms with Crippen molar-refractivity contribution in [1.82, 2.24) is 15.1 Å². The van der Waals surface area contributed by atoms with Gasteiger partial charge in [-0.15, -0.1) is 11.3 Å². The fourth-order valence-corrected chi connectivity index (χ4v) is 1.53. The van der Waals surface area contributed by atoms with Gasteiger partial charge in [0.25, 0.3) is 5.89 Å². The molecule has 0 amide bonds. The summed E-state index contributed by atoms with van der Waals surface area (Å²) in [4.78, 5) is 9.10. The molecule has 2 aromatic rings. The Morgan fingerprint density at radius 1 is 1.47 bits per heavy atom. The summed E-state index contributed by atoms with van der Waals surface area (Å²) in [6, 6.07) is 0. The Labute approximate surface area is 91.1 Å². The van der Waals surface area contributed by atoms with E-state index in [0.717, 1.165) is 4.88 Å². The second kappa shape index (κ2) is 3.71. The van der Waals surface area contributed by atoms with Crippen LogP contribution < -0.4 is 0 Å². The van der Waals surface area contributed by atoms with Crippen LogP contribution >= 0.6 is 11.3 Å². The predicted molar refractivity (Wildman–Crippen MR) is 55.4 cm³/mol. The van der Waals surface area contributed by atoms with Gasteiger partial charge in [-0.1, -0.05) is 5.16 Å². The van der Waals surface area contributed by atoms with E-state index in [1.807, 2.05) is 13.8 Å². The van der Waals surface area contributed by atoms with Crippen LogP contribution in [-0.4, -0.2) is 22.2 Å². The first-order valence-corrected chi connectivity index (χ1v) is 5.29. The van der Waals surface area contributed by atoms with Gasteiger partial charge < -0.3 is 9.26 Å². The molecule has 0 unspecified atom stereocenters. The molecule has 0 spiro atoms. The summed E-state index contributed by atoms with van der Waals surface area (Å²) in [5.74, 6) is 1.02. The summed E-state index contributed by atoms with van der Waals surface area (Å²) in [7, 11) is 1.61. The van der Waals surface area contributed by atoms with Crippen molar-refractivity contribution >= 4 is 11.3 Å². The van der Waals surface area contributed by atoms with Crippen molar-refractivity contribution in [2.75, 3.05) is 7.11 Å². The van der Waals surface area contributed by atoms with Crippen LogP contribution in [-0.2, 0) is 10.3 Å². The SMILES string of the molecule is COC(C)(C)c1nc(-c2cncs2)no1. The van der Waals surface area contributed by atoms with Crippen LogP contribution in [0.2, 0.25) is 0 Å². The minimum atomic E-state index is -0.560. The van der Waals surface area contributed by atoms with Crippen LogP contribution in [0.4, 0.5) is 0 Å². The predicted octanol–water partition coefficient (Wildman–Crippen LogP) is 2.07. The van der Waals surface area contributed by atoms with Crippen molar-refractivity contribution in [2.45, 2.75) is 19.4 Å². The van der Waals surface area contributed by atoms with Gasteiger partial charge >= 0.3 is 0 Å². The van der Waals surface area contributed by atoms with Crippen LogP contribution in [0.15, 0.2) is 16.2 Å². The zero-order valence-corrected chi connectivity index (χ0v) is 9.54. The number of thiazole rings is 1. The highest BCUT2D eigenvalue weighted by Crippen LogP contribution is 2.26. The average molecular weight is 225 g/mol. The molecule has 0 aliphatic heterocycles. The van der Waals surface area contributed by atoms with Gasteiger partial charge in [-0.2, -0.15) is 4.98 Å². The van der Waals surface area contributed by atoms with E-state index in [-0.39, 0.29) is 0 Å². The Morgan fingerprint density at radius 2 is 2.27 bits per heavy atom. The number of ether oxygens (including phenoxy) is 1. The summed E-state index contributed by atoms with van der Waals surface area (Å²) in [6.07, 6.45) is 1.71. The Bertz CT molecular complexity index is 436. The smallest absolute Gasteiger partial charge is 0.258 e. The first-order valence-electron chi connectivity index (χ1n) is 4.41. The standard InChI is InChI=1S/C9H11N3O2S/c1-9(2,13-3)8-11-7(12-14-8)6-4-10-5-15-6/h4-5H,1-3H3. The van der Waals surface area contributed by atoms with Gasteiger partial charge in [0, 0.05) is 13.3 Å². The Balaban J connectivity index is 2.33. The summed E-state index contributed by atoms with van der Waals surface area (Å²) in [5.41, 5.74) is 1.17. The van der Waals surface area contributed by atoms with E-state index in [1.54, 1.807) is 18.8 Å². The second-order valence-electron chi connectivity index (χ2n) is 3.50. The first-order chi connectivity index (χ1) is 7.13. The molecule has 0 aliphatic rings. The van der Waals surface area contributed by atoms with Crippen LogP contribution in [0.5, 0.6) is 0 Å². The van der Waals surface area contributed by atoms with Gasteiger partial charge in [0.15, 0.2) is 0 Å². The molecule has 2 rings (SSSR count). The number of methoxy groups -OCH3 is 1. The number of aromatic nitrogens is 3. The number of nitrogens with zero attached hydrogens (tertiary/aromatic N) is 3. The Hall–Kier alpha value is -1.27. The van der Waals surface area contributed by atoms with E-state index in [2.05, 4.69) is 15.1 Å². The van der Waals surface area contributed by atoms with Crippen molar-refractivity contribution in [2.24, 2.45) is 0 Å². The van der Waals surface area contributed by atoms with Gasteiger partial charge in [-0.3, -0.25) is 4.98 Å². The quantitative estimate of drug-likeness (QED) is 0.800. The lowest BCUT2D eigenvalue weighted by Crippen LogP contribution is -2.19. The number of hydrogen-bond donors (Lipinski definition) is 0. The molecule has 5 nitrogen and oxygen atoms in total. The molecular formula is C9H11N3O2S. The van der Waals surface area contributed by atoms with Crippen molar-refractivity contribution in [3.05, 3.63) is 17.6 Å². The number of rotatable bonds is 3. The third-order valence-electron chi connectivity index (χ3n) is 2.10. The zero-order valence-electron chi connectivity index (χ0n) is 8.72. The molecule has 0 aromatic carbocycles. The molecule has 0 saturated heterocycles. The summed E-state index contributed by atoms with van der Waals surface area (Å²) >= 11 is 1.47. The van der Waals surface area contributed by atoms with E-state index in [4.69, 9.17) is 9.26 Å². The largest absolute Gasteiger partial charge is 0.369 e. The molecule has 0 bridgehead atoms. The highest BCUT2D eigenvalue weighted by molar-refractivity contribution is 7.13. The molecule has 0 radical (unpaired) electrons. The van der Waals surface area contributed by atoms with E-state index in [0.29, 0.717) is 11.7 Å². The maximum Gasteiger partial charge on any atom is 0.258 e. The van der Waals surface area contributed by atoms with E-state index in [9.17, 15) is 0 Å². The van der Waals surface area contributed by atoms with E-state index in [1.165, 1.54) is 11.3 Å². The fraction of sp³-hybridized carbons (Fsp3) is 0.444. The van der Waals surface area contributed by atoms with Gasteiger partial charge in [-0.05, 0) is 13.8 Å². The van der Waals surface area contributed by atoms with Crippen LogP contribution in [0.1, 0.15) is 19.7 Å². The Morgan fingerprint density at radius 3 is 2.87 bits per heavy atom. The molecule has 2 heterocycles. The zero-order chi connectivity index (χ0) is 10.9. The summed E-state index contributed by atoms with van der Waals surface area (Å²) < 4.78 is 10.4. The van der Waals surface area contributed by atoms with Gasteiger partial charge in [0.05, 0.1) is 10.4 Å². The molecular weight excluding hydrogens is 214 g/mol. The lowest BCUT2D eigenvalue weighted by molar-refractivity contribution is -0.00786. The lowest BCUT2D eigenvalue weighted by Gasteiger charge is -2.16. The molecule has 0 aliphatic carbocycles. The van der Waals surface area contributed by atoms with E-state index < -0.39 is 5.60 Å². The third kappa shape index (κ3) is 1.91. The number of hydrogen-bond acceptors (Lipinski definition) is 6. The topological polar surface area (TPSA) is 61.0 Å². The van der Waals surface area contributed by atoms with Gasteiger partial charge in [-0.25, -0.2) is 0 Å². The molecule has 6 heteroatoms. The van der Waals surface area contributed by atoms with Crippen molar-refractivity contribution in [3.63, 3.8) is 0 Å². The Kier molecular flexibility index (Phi) is 2.54. The highest BCUT2D eigenvalue weighted by atomic mass is 32.1. The lowest BCUT2D eigenvalue weighted by atomic mass is 10.1. The minimum absolute atomic E-state index is 0.466. The van der Waals surface area contributed by atoms with Crippen LogP contribution in [0.3, 0.4) is 0 Å². The van der Waals surface area contributed by atoms with Gasteiger partial charge in [0.1, 0.15) is 5.60 Å². The summed E-state index contributed by atoms with van der Waals surface area (Å²) in [5, 5.41) is 3.88. The van der Waals surface area contributed by atoms with Crippen molar-refractivity contribution < 1.29 is 9.26 Å². The molecule has 0 fully saturated rings. The average Bonchev–Trinajstić information content (AvgIpc) is 2.88. The van der Waals surface area contributed by atoms with Crippen LogP contribution in [0.25, 0.3) is 10.7 Å². The monoisotopic (exact) mass is 225 g/mol. The molecule has 0 saturated carbocycles. The van der Waals surface area contributed by atoms with Crippen molar-refractivity contribution in [1.29, 1.82) is 0 Å². The highest BCUT2D eigenvalue weighted by Gasteiger charge is 2.27. The fourth-order valence-electron chi connectivity index (χ4n) is 0.982.